The Balaban J connectivity index is 0.000000298. The van der Waals surface area contributed by atoms with Gasteiger partial charge in [0.15, 0.2) is 0 Å². The number of nitrogens with one attached hydrogen (secondary N) is 1. The average Bonchev–Trinajstić information content (AvgIpc) is 2.93. The van der Waals surface area contributed by atoms with E-state index in [1.54, 1.807) is 30.5 Å². The largest absolute Gasteiger partial charge is 0.417 e. The molecule has 5 aromatic rings. The molecule has 39 heavy (non-hydrogen) atoms. The first-order chi connectivity index (χ1) is 18.6. The topological polar surface area (TPSA) is 118 Å². The van der Waals surface area contributed by atoms with E-state index in [1.807, 2.05) is 24.3 Å². The maximum atomic E-state index is 12.7. The fraction of sp³-hybridized carbons (Fsp3) is 0.111. The van der Waals surface area contributed by atoms with E-state index >= 15 is 0 Å². The van der Waals surface area contributed by atoms with Gasteiger partial charge in [-0.1, -0.05) is 43.3 Å². The Morgan fingerprint density at radius 3 is 2.26 bits per heavy atom. The highest BCUT2D eigenvalue weighted by Crippen LogP contribution is 2.31. The van der Waals surface area contributed by atoms with Crippen LogP contribution in [0.15, 0.2) is 96.4 Å². The molecule has 5 rings (SSSR count). The molecular weight excluding hydrogens is 531 g/mol. The number of nitrogens with zero attached hydrogens (tertiary/aromatic N) is 4. The zero-order valence-electron chi connectivity index (χ0n) is 20.5. The Bertz CT molecular complexity index is 1680. The number of alkyl halides is 3. The standard InChI is InChI=1S/C21H16F3N5.C6H6O3S/c1-2-15-16(7-5-13-4-3-9-25-20(13)15)17-10-19(28-12-27-17)29-18-8-6-14(11-26-18)21(22,23)24;7-10(8,9)6-4-2-1-3-5-6/h3-12H,2H2,1H3,(H,26,27,28,29);1-5H,(H,7,8,9). The summed E-state index contributed by atoms with van der Waals surface area (Å²) in [5.41, 5.74) is 2.82. The van der Waals surface area contributed by atoms with Crippen molar-refractivity contribution in [1.29, 1.82) is 0 Å². The van der Waals surface area contributed by atoms with E-state index in [4.69, 9.17) is 4.55 Å². The first-order valence-electron chi connectivity index (χ1n) is 11.6. The van der Waals surface area contributed by atoms with E-state index in [-0.39, 0.29) is 10.7 Å². The smallest absolute Gasteiger partial charge is 0.325 e. The van der Waals surface area contributed by atoms with E-state index in [0.717, 1.165) is 40.7 Å². The minimum atomic E-state index is -4.42. The number of pyridine rings is 2. The summed E-state index contributed by atoms with van der Waals surface area (Å²) in [7, 11) is -4.00. The van der Waals surface area contributed by atoms with Gasteiger partial charge in [0, 0.05) is 29.4 Å². The summed E-state index contributed by atoms with van der Waals surface area (Å²) in [5, 5.41) is 3.97. The zero-order valence-corrected chi connectivity index (χ0v) is 21.3. The van der Waals surface area contributed by atoms with Crippen LogP contribution in [0.1, 0.15) is 18.1 Å². The third kappa shape index (κ3) is 6.92. The fourth-order valence-corrected chi connectivity index (χ4v) is 4.24. The van der Waals surface area contributed by atoms with Crippen molar-refractivity contribution in [1.82, 2.24) is 19.9 Å². The average molecular weight is 554 g/mol. The van der Waals surface area contributed by atoms with Crippen molar-refractivity contribution in [2.24, 2.45) is 0 Å². The van der Waals surface area contributed by atoms with Crippen molar-refractivity contribution in [2.75, 3.05) is 5.32 Å². The molecule has 0 atom stereocenters. The molecule has 0 unspecified atom stereocenters. The molecule has 0 aliphatic rings. The van der Waals surface area contributed by atoms with Gasteiger partial charge in [0.05, 0.1) is 21.7 Å². The highest BCUT2D eigenvalue weighted by atomic mass is 32.2. The molecule has 8 nitrogen and oxygen atoms in total. The molecular formula is C27H22F3N5O3S. The molecule has 3 aromatic heterocycles. The van der Waals surface area contributed by atoms with Crippen LogP contribution >= 0.6 is 0 Å². The molecule has 0 spiro atoms. The van der Waals surface area contributed by atoms with Crippen LogP contribution in [0.3, 0.4) is 0 Å². The summed E-state index contributed by atoms with van der Waals surface area (Å²) in [6, 6.07) is 19.3. The second-order valence-electron chi connectivity index (χ2n) is 8.15. The SMILES string of the molecule is CCc1c(-c2cc(Nc3ccc(C(F)(F)F)cn3)ncn2)ccc2cccnc12.O=S(=O)(O)c1ccccc1. The van der Waals surface area contributed by atoms with Gasteiger partial charge >= 0.3 is 6.18 Å². The van der Waals surface area contributed by atoms with Gasteiger partial charge in [-0.25, -0.2) is 15.0 Å². The third-order valence-electron chi connectivity index (χ3n) is 5.56. The monoisotopic (exact) mass is 553 g/mol. The Morgan fingerprint density at radius 2 is 1.64 bits per heavy atom. The Morgan fingerprint density at radius 1 is 0.872 bits per heavy atom. The van der Waals surface area contributed by atoms with Crippen molar-refractivity contribution in [2.45, 2.75) is 24.4 Å². The Hall–Kier alpha value is -4.42. The van der Waals surface area contributed by atoms with Crippen LogP contribution < -0.4 is 5.32 Å². The lowest BCUT2D eigenvalue weighted by Gasteiger charge is -2.12. The predicted octanol–water partition coefficient (Wildman–Crippen LogP) is 6.34. The maximum absolute atomic E-state index is 12.7. The van der Waals surface area contributed by atoms with Crippen LogP contribution in [0.25, 0.3) is 22.2 Å². The van der Waals surface area contributed by atoms with Crippen LogP contribution in [0, 0.1) is 0 Å². The molecule has 0 aliphatic heterocycles. The number of hydrogen-bond acceptors (Lipinski definition) is 7. The van der Waals surface area contributed by atoms with Crippen LogP contribution in [-0.4, -0.2) is 32.9 Å². The van der Waals surface area contributed by atoms with Crippen molar-refractivity contribution in [3.05, 3.63) is 103 Å². The summed E-state index contributed by atoms with van der Waals surface area (Å²) >= 11 is 0. The molecule has 0 saturated carbocycles. The first kappa shape index (κ1) is 27.6. The fourth-order valence-electron chi connectivity index (χ4n) is 3.74. The van der Waals surface area contributed by atoms with Crippen LogP contribution in [-0.2, 0) is 22.7 Å². The number of fused-ring (bicyclic) bond motifs is 1. The highest BCUT2D eigenvalue weighted by molar-refractivity contribution is 7.85. The van der Waals surface area contributed by atoms with Crippen molar-refractivity contribution in [3.8, 4) is 11.3 Å². The van der Waals surface area contributed by atoms with Crippen LogP contribution in [0.4, 0.5) is 24.8 Å². The normalized spacial score (nSPS) is 11.5. The Labute approximate surface area is 222 Å². The summed E-state index contributed by atoms with van der Waals surface area (Å²) in [5.74, 6) is 0.698. The molecule has 0 amide bonds. The Kier molecular flexibility index (Phi) is 8.17. The number of anilines is 2. The van der Waals surface area contributed by atoms with Crippen molar-refractivity contribution in [3.63, 3.8) is 0 Å². The number of aromatic nitrogens is 4. The molecule has 0 bridgehead atoms. The van der Waals surface area contributed by atoms with Gasteiger partial charge in [-0.15, -0.1) is 0 Å². The molecule has 12 heteroatoms. The van der Waals surface area contributed by atoms with Gasteiger partial charge in [0.25, 0.3) is 10.1 Å². The predicted molar refractivity (Wildman–Crippen MR) is 141 cm³/mol. The van der Waals surface area contributed by atoms with E-state index in [2.05, 4.69) is 32.2 Å². The first-order valence-corrected chi connectivity index (χ1v) is 13.0. The van der Waals surface area contributed by atoms with Crippen LogP contribution in [0.5, 0.6) is 0 Å². The van der Waals surface area contributed by atoms with E-state index < -0.39 is 21.9 Å². The summed E-state index contributed by atoms with van der Waals surface area (Å²) in [6.45, 7) is 2.05. The summed E-state index contributed by atoms with van der Waals surface area (Å²) in [6.07, 6.45) is 0.304. The number of benzene rings is 2. The lowest BCUT2D eigenvalue weighted by Crippen LogP contribution is -2.06. The highest BCUT2D eigenvalue weighted by Gasteiger charge is 2.30. The minimum absolute atomic E-state index is 0.0741. The molecule has 0 saturated heterocycles. The molecule has 200 valence electrons. The third-order valence-corrected chi connectivity index (χ3v) is 6.43. The van der Waals surface area contributed by atoms with E-state index in [1.165, 1.54) is 24.5 Å². The molecule has 0 fully saturated rings. The number of rotatable bonds is 5. The number of aryl methyl sites for hydroxylation is 1. The molecule has 2 aromatic carbocycles. The lowest BCUT2D eigenvalue weighted by atomic mass is 9.98. The van der Waals surface area contributed by atoms with E-state index in [9.17, 15) is 21.6 Å². The van der Waals surface area contributed by atoms with Gasteiger partial charge in [0.2, 0.25) is 0 Å². The lowest BCUT2D eigenvalue weighted by molar-refractivity contribution is -0.137. The van der Waals surface area contributed by atoms with E-state index in [0.29, 0.717) is 11.5 Å². The second-order valence-corrected chi connectivity index (χ2v) is 9.57. The van der Waals surface area contributed by atoms with Crippen molar-refractivity contribution >= 4 is 32.7 Å². The van der Waals surface area contributed by atoms with Gasteiger partial charge in [-0.2, -0.15) is 21.6 Å². The van der Waals surface area contributed by atoms with Gasteiger partial charge in [0.1, 0.15) is 18.0 Å². The van der Waals surface area contributed by atoms with Crippen molar-refractivity contribution < 1.29 is 26.1 Å². The zero-order chi connectivity index (χ0) is 28.0. The second kappa shape index (κ2) is 11.5. The number of halogens is 3. The molecule has 0 radical (unpaired) electrons. The maximum Gasteiger partial charge on any atom is 0.417 e. The van der Waals surface area contributed by atoms with Gasteiger partial charge in [-0.3, -0.25) is 9.54 Å². The van der Waals surface area contributed by atoms with Crippen LogP contribution in [0.2, 0.25) is 0 Å². The quantitative estimate of drug-likeness (QED) is 0.242. The summed E-state index contributed by atoms with van der Waals surface area (Å²) in [4.78, 5) is 16.8. The molecule has 0 aliphatic carbocycles. The minimum Gasteiger partial charge on any atom is -0.325 e. The molecule has 2 N–H and O–H groups in total. The van der Waals surface area contributed by atoms with Gasteiger partial charge < -0.3 is 5.32 Å². The molecule has 3 heterocycles. The summed E-state index contributed by atoms with van der Waals surface area (Å²) < 4.78 is 67.3. The van der Waals surface area contributed by atoms with Gasteiger partial charge in [-0.05, 0) is 42.3 Å². The number of hydrogen-bond donors (Lipinski definition) is 2.